The second-order valence-corrected chi connectivity index (χ2v) is 8.06. The predicted octanol–water partition coefficient (Wildman–Crippen LogP) is 3.31. The van der Waals surface area contributed by atoms with Crippen LogP contribution < -0.4 is 5.32 Å². The Morgan fingerprint density at radius 2 is 2.09 bits per heavy atom. The topological polar surface area (TPSA) is 105 Å². The van der Waals surface area contributed by atoms with Gasteiger partial charge < -0.3 is 25.0 Å². The highest BCUT2D eigenvalue weighted by Gasteiger charge is 2.35. The van der Waals surface area contributed by atoms with Crippen LogP contribution in [0.25, 0.3) is 0 Å². The lowest BCUT2D eigenvalue weighted by Crippen LogP contribution is -2.42. The number of benzene rings is 1. The lowest BCUT2D eigenvalue weighted by atomic mass is 9.91. The maximum Gasteiger partial charge on any atom is 0.342 e. The quantitative estimate of drug-likeness (QED) is 0.355. The SMILES string of the molecule is CC/C=C\C=C/C(=O)N/C=C/C[C@H]1C[C@H]2CC[C@H](O)[C@H](Cc3cccc(O)c3C(=O)O1)O2. The van der Waals surface area contributed by atoms with Crippen LogP contribution in [0, 0.1) is 0 Å². The fourth-order valence-electron chi connectivity index (χ4n) is 3.98. The Labute approximate surface area is 188 Å². The molecule has 2 aliphatic rings. The molecule has 3 rings (SSSR count). The van der Waals surface area contributed by atoms with E-state index in [-0.39, 0.29) is 23.3 Å². The number of aliphatic hydroxyl groups is 1. The summed E-state index contributed by atoms with van der Waals surface area (Å²) in [5, 5.41) is 23.3. The first kappa shape index (κ1) is 23.8. The summed E-state index contributed by atoms with van der Waals surface area (Å²) >= 11 is 0. The fraction of sp³-hybridized carbons (Fsp3) is 0.440. The van der Waals surface area contributed by atoms with E-state index in [0.29, 0.717) is 37.7 Å². The van der Waals surface area contributed by atoms with Crippen LogP contribution in [0.4, 0.5) is 0 Å². The van der Waals surface area contributed by atoms with Crippen molar-refractivity contribution in [1.82, 2.24) is 5.32 Å². The zero-order valence-electron chi connectivity index (χ0n) is 18.3. The summed E-state index contributed by atoms with van der Waals surface area (Å²) < 4.78 is 11.8. The maximum absolute atomic E-state index is 12.9. The number of aromatic hydroxyl groups is 1. The van der Waals surface area contributed by atoms with Gasteiger partial charge in [0.15, 0.2) is 0 Å². The summed E-state index contributed by atoms with van der Waals surface area (Å²) in [5.74, 6) is -1.00. The third-order valence-electron chi connectivity index (χ3n) is 5.61. The van der Waals surface area contributed by atoms with Crippen molar-refractivity contribution in [3.8, 4) is 5.75 Å². The smallest absolute Gasteiger partial charge is 0.342 e. The van der Waals surface area contributed by atoms with Crippen LogP contribution in [-0.2, 0) is 20.7 Å². The van der Waals surface area contributed by atoms with Crippen LogP contribution >= 0.6 is 0 Å². The van der Waals surface area contributed by atoms with Gasteiger partial charge in [0.25, 0.3) is 0 Å². The van der Waals surface area contributed by atoms with Crippen molar-refractivity contribution in [3.05, 3.63) is 65.9 Å². The summed E-state index contributed by atoms with van der Waals surface area (Å²) in [5.41, 5.74) is 0.701. The normalized spacial score (nSPS) is 26.2. The number of carbonyl (C=O) groups is 2. The molecule has 1 aromatic rings. The number of aliphatic hydroxyl groups excluding tert-OH is 1. The van der Waals surface area contributed by atoms with E-state index in [1.165, 1.54) is 18.3 Å². The van der Waals surface area contributed by atoms with Gasteiger partial charge in [-0.05, 0) is 30.9 Å². The van der Waals surface area contributed by atoms with E-state index in [4.69, 9.17) is 9.47 Å². The van der Waals surface area contributed by atoms with E-state index in [1.54, 1.807) is 24.3 Å². The van der Waals surface area contributed by atoms with Crippen LogP contribution in [0.3, 0.4) is 0 Å². The van der Waals surface area contributed by atoms with E-state index < -0.39 is 24.3 Å². The van der Waals surface area contributed by atoms with Gasteiger partial charge >= 0.3 is 5.97 Å². The van der Waals surface area contributed by atoms with Crippen LogP contribution in [0.2, 0.25) is 0 Å². The fourth-order valence-corrected chi connectivity index (χ4v) is 3.98. The standard InChI is InChI=1S/C25H31NO6/c1-2-3-4-5-11-23(29)26-14-7-9-18-16-19-12-13-20(27)22(31-19)15-17-8-6-10-21(28)24(17)25(30)32-18/h3-8,10-11,14,18-20,22,27-28H,2,9,12-13,15-16H2,1H3,(H,26,29)/b4-3-,11-5-,14-7+/t18-,19+,20-,22-/m0/s1. The number of esters is 1. The Morgan fingerprint density at radius 3 is 2.91 bits per heavy atom. The molecule has 1 aromatic carbocycles. The van der Waals surface area contributed by atoms with E-state index in [1.807, 2.05) is 19.1 Å². The number of cyclic esters (lactones) is 1. The van der Waals surface area contributed by atoms with Gasteiger partial charge in [-0.1, -0.05) is 43.4 Å². The zero-order valence-corrected chi connectivity index (χ0v) is 18.3. The number of phenols is 1. The number of rotatable bonds is 6. The van der Waals surface area contributed by atoms with Gasteiger partial charge in [0.1, 0.15) is 17.4 Å². The summed E-state index contributed by atoms with van der Waals surface area (Å²) in [4.78, 5) is 24.7. The Morgan fingerprint density at radius 1 is 1.25 bits per heavy atom. The third kappa shape index (κ3) is 6.55. The molecule has 4 atom stereocenters. The number of fused-ring (bicyclic) bond motifs is 3. The number of carbonyl (C=O) groups excluding carboxylic acids is 2. The summed E-state index contributed by atoms with van der Waals surface area (Å²) in [7, 11) is 0. The van der Waals surface area contributed by atoms with Gasteiger partial charge in [-0.2, -0.15) is 0 Å². The molecule has 172 valence electrons. The first-order valence-electron chi connectivity index (χ1n) is 11.1. The van der Waals surface area contributed by atoms with Crippen molar-refractivity contribution in [3.63, 3.8) is 0 Å². The lowest BCUT2D eigenvalue weighted by molar-refractivity contribution is -0.128. The highest BCUT2D eigenvalue weighted by Crippen LogP contribution is 2.32. The van der Waals surface area contributed by atoms with Crippen molar-refractivity contribution < 1.29 is 29.3 Å². The average Bonchev–Trinajstić information content (AvgIpc) is 2.76. The van der Waals surface area contributed by atoms with E-state index in [9.17, 15) is 19.8 Å². The number of hydrogen-bond acceptors (Lipinski definition) is 6. The Kier molecular flexibility index (Phi) is 8.64. The number of hydrogen-bond donors (Lipinski definition) is 3. The molecule has 0 aliphatic carbocycles. The summed E-state index contributed by atoms with van der Waals surface area (Å²) in [6.45, 7) is 2.01. The largest absolute Gasteiger partial charge is 0.507 e. The van der Waals surface area contributed by atoms with Crippen molar-refractivity contribution >= 4 is 11.9 Å². The molecule has 0 saturated carbocycles. The van der Waals surface area contributed by atoms with E-state index >= 15 is 0 Å². The van der Waals surface area contributed by atoms with Crippen LogP contribution in [-0.4, -0.2) is 46.5 Å². The van der Waals surface area contributed by atoms with Crippen molar-refractivity contribution in [2.45, 2.75) is 69.9 Å². The van der Waals surface area contributed by atoms with Crippen molar-refractivity contribution in [2.75, 3.05) is 0 Å². The molecule has 0 radical (unpaired) electrons. The second-order valence-electron chi connectivity index (χ2n) is 8.06. The van der Waals surface area contributed by atoms with Gasteiger partial charge in [-0.15, -0.1) is 0 Å². The summed E-state index contributed by atoms with van der Waals surface area (Å²) in [6, 6.07) is 4.85. The maximum atomic E-state index is 12.9. The minimum atomic E-state index is -0.620. The molecule has 32 heavy (non-hydrogen) atoms. The molecule has 3 N–H and O–H groups in total. The Bertz CT molecular complexity index is 890. The molecule has 7 heteroatoms. The minimum Gasteiger partial charge on any atom is -0.507 e. The highest BCUT2D eigenvalue weighted by molar-refractivity contribution is 5.94. The van der Waals surface area contributed by atoms with Gasteiger partial charge in [-0.3, -0.25) is 4.79 Å². The van der Waals surface area contributed by atoms with Crippen LogP contribution in [0.1, 0.15) is 54.9 Å². The molecule has 2 aliphatic heterocycles. The van der Waals surface area contributed by atoms with Crippen LogP contribution in [0.5, 0.6) is 5.75 Å². The molecular weight excluding hydrogens is 410 g/mol. The Hall–Kier alpha value is -2.90. The number of ether oxygens (including phenoxy) is 2. The average molecular weight is 442 g/mol. The second kappa shape index (κ2) is 11.6. The molecule has 2 heterocycles. The molecule has 1 amide bonds. The number of amides is 1. The van der Waals surface area contributed by atoms with E-state index in [2.05, 4.69) is 5.32 Å². The number of allylic oxidation sites excluding steroid dienone is 3. The molecule has 0 aromatic heterocycles. The third-order valence-corrected chi connectivity index (χ3v) is 5.61. The molecule has 1 fully saturated rings. The number of phenolic OH excluding ortho intramolecular Hbond substituents is 1. The monoisotopic (exact) mass is 441 g/mol. The first-order valence-corrected chi connectivity index (χ1v) is 11.1. The highest BCUT2D eigenvalue weighted by atomic mass is 16.5. The van der Waals surface area contributed by atoms with Gasteiger partial charge in [0, 0.05) is 31.5 Å². The lowest BCUT2D eigenvalue weighted by Gasteiger charge is -2.36. The molecule has 1 saturated heterocycles. The minimum absolute atomic E-state index is 0.111. The first-order chi connectivity index (χ1) is 15.5. The van der Waals surface area contributed by atoms with Gasteiger partial charge in [-0.25, -0.2) is 4.79 Å². The predicted molar refractivity (Wildman–Crippen MR) is 120 cm³/mol. The Balaban J connectivity index is 1.70. The number of nitrogens with one attached hydrogen (secondary N) is 1. The summed E-state index contributed by atoms with van der Waals surface area (Å²) in [6.07, 6.45) is 11.8. The molecule has 7 nitrogen and oxygen atoms in total. The van der Waals surface area contributed by atoms with Crippen molar-refractivity contribution in [1.29, 1.82) is 0 Å². The van der Waals surface area contributed by atoms with Crippen molar-refractivity contribution in [2.24, 2.45) is 0 Å². The van der Waals surface area contributed by atoms with Crippen LogP contribution in [0.15, 0.2) is 54.8 Å². The van der Waals surface area contributed by atoms with E-state index in [0.717, 1.165) is 6.42 Å². The van der Waals surface area contributed by atoms with Gasteiger partial charge in [0.2, 0.25) is 5.91 Å². The molecule has 0 spiro atoms. The molecular formula is C25H31NO6. The zero-order chi connectivity index (χ0) is 22.9. The molecule has 2 bridgehead atoms. The van der Waals surface area contributed by atoms with Gasteiger partial charge in [0.05, 0.1) is 18.3 Å². The molecule has 0 unspecified atom stereocenters.